The molecular formula is C8H7NO2. The van der Waals surface area contributed by atoms with Gasteiger partial charge in [-0.15, -0.1) is 0 Å². The van der Waals surface area contributed by atoms with E-state index in [0.29, 0.717) is 18.2 Å². The van der Waals surface area contributed by atoms with Crippen LogP contribution in [0.4, 0.5) is 0 Å². The molecule has 0 fully saturated rings. The van der Waals surface area contributed by atoms with Gasteiger partial charge in [0.05, 0.1) is 6.26 Å². The largest absolute Gasteiger partial charge is 0.484 e. The number of ether oxygens (including phenoxy) is 2. The van der Waals surface area contributed by atoms with Crippen LogP contribution in [0.15, 0.2) is 30.7 Å². The first-order valence-corrected chi connectivity index (χ1v) is 3.36. The number of hydrogen-bond donors (Lipinski definition) is 0. The highest BCUT2D eigenvalue weighted by atomic mass is 16.5. The molecule has 0 saturated carbocycles. The molecule has 2 heterocycles. The second kappa shape index (κ2) is 2.62. The fraction of sp³-hybridized carbons (Fsp3) is 0.125. The summed E-state index contributed by atoms with van der Waals surface area (Å²) in [5.74, 6) is 1.22. The van der Waals surface area contributed by atoms with Crippen molar-refractivity contribution in [2.75, 3.05) is 6.61 Å². The quantitative estimate of drug-likeness (QED) is 0.558. The zero-order valence-corrected chi connectivity index (χ0v) is 5.86. The van der Waals surface area contributed by atoms with E-state index in [1.807, 2.05) is 12.1 Å². The Kier molecular flexibility index (Phi) is 1.48. The van der Waals surface area contributed by atoms with E-state index in [2.05, 4.69) is 4.98 Å². The Labute approximate surface area is 64.3 Å². The molecule has 0 aromatic carbocycles. The topological polar surface area (TPSA) is 31.4 Å². The zero-order chi connectivity index (χ0) is 7.52. The summed E-state index contributed by atoms with van der Waals surface area (Å²) in [6.07, 6.45) is 5.04. The molecule has 1 aliphatic heterocycles. The molecule has 1 aromatic heterocycles. The van der Waals surface area contributed by atoms with Crippen LogP contribution in [0.3, 0.4) is 0 Å². The van der Waals surface area contributed by atoms with Crippen LogP contribution >= 0.6 is 0 Å². The number of nitrogens with zero attached hydrogens (tertiary/aromatic N) is 1. The lowest BCUT2D eigenvalue weighted by Crippen LogP contribution is -1.92. The summed E-state index contributed by atoms with van der Waals surface area (Å²) in [6, 6.07) is 3.64. The van der Waals surface area contributed by atoms with Crippen molar-refractivity contribution in [2.24, 2.45) is 0 Å². The minimum Gasteiger partial charge on any atom is -0.484 e. The molecule has 0 saturated heterocycles. The van der Waals surface area contributed by atoms with E-state index in [9.17, 15) is 0 Å². The maximum absolute atomic E-state index is 5.27. The van der Waals surface area contributed by atoms with Crippen molar-refractivity contribution in [3.05, 3.63) is 30.7 Å². The zero-order valence-electron chi connectivity index (χ0n) is 5.86. The lowest BCUT2D eigenvalue weighted by molar-refractivity contribution is 0.352. The highest BCUT2D eigenvalue weighted by Crippen LogP contribution is 2.24. The van der Waals surface area contributed by atoms with Crippen molar-refractivity contribution in [1.82, 2.24) is 4.98 Å². The van der Waals surface area contributed by atoms with Crippen LogP contribution in [-0.4, -0.2) is 11.6 Å². The van der Waals surface area contributed by atoms with Crippen molar-refractivity contribution in [3.8, 4) is 11.6 Å². The number of fused-ring (bicyclic) bond motifs is 1. The summed E-state index contributed by atoms with van der Waals surface area (Å²) in [5.41, 5.74) is 0. The molecule has 1 aliphatic rings. The van der Waals surface area contributed by atoms with Gasteiger partial charge in [-0.1, -0.05) is 0 Å². The second-order valence-corrected chi connectivity index (χ2v) is 2.11. The third-order valence-electron chi connectivity index (χ3n) is 1.35. The molecule has 3 heteroatoms. The van der Waals surface area contributed by atoms with E-state index in [-0.39, 0.29) is 0 Å². The van der Waals surface area contributed by atoms with Gasteiger partial charge in [-0.2, -0.15) is 0 Å². The van der Waals surface area contributed by atoms with Gasteiger partial charge in [0.25, 0.3) is 5.88 Å². The van der Waals surface area contributed by atoms with Gasteiger partial charge in [0, 0.05) is 6.20 Å². The van der Waals surface area contributed by atoms with Gasteiger partial charge in [-0.3, -0.25) is 0 Å². The summed E-state index contributed by atoms with van der Waals surface area (Å²) in [4.78, 5) is 3.98. The second-order valence-electron chi connectivity index (χ2n) is 2.11. The smallest absolute Gasteiger partial charge is 0.261 e. The lowest BCUT2D eigenvalue weighted by Gasteiger charge is -2.02. The minimum atomic E-state index is 0.529. The molecule has 0 bridgehead atoms. The summed E-state index contributed by atoms with van der Waals surface area (Å²) in [5, 5.41) is 0. The maximum Gasteiger partial charge on any atom is 0.261 e. The molecule has 11 heavy (non-hydrogen) atoms. The first-order valence-electron chi connectivity index (χ1n) is 3.36. The SMILES string of the molecule is C1=COc2ncccc2OC1. The molecule has 2 rings (SSSR count). The number of pyridine rings is 1. The van der Waals surface area contributed by atoms with Crippen LogP contribution < -0.4 is 9.47 Å². The van der Waals surface area contributed by atoms with E-state index < -0.39 is 0 Å². The molecule has 0 atom stereocenters. The third kappa shape index (κ3) is 1.17. The van der Waals surface area contributed by atoms with E-state index in [1.54, 1.807) is 18.5 Å². The average molecular weight is 149 g/mol. The van der Waals surface area contributed by atoms with Gasteiger partial charge in [0.15, 0.2) is 5.75 Å². The van der Waals surface area contributed by atoms with Crippen LogP contribution in [-0.2, 0) is 0 Å². The van der Waals surface area contributed by atoms with E-state index in [0.717, 1.165) is 0 Å². The van der Waals surface area contributed by atoms with Crippen molar-refractivity contribution in [2.45, 2.75) is 0 Å². The Bertz CT molecular complexity index is 283. The Morgan fingerprint density at radius 2 is 2.45 bits per heavy atom. The molecule has 0 unspecified atom stereocenters. The molecule has 0 aliphatic carbocycles. The highest BCUT2D eigenvalue weighted by molar-refractivity contribution is 5.33. The number of aromatic nitrogens is 1. The third-order valence-corrected chi connectivity index (χ3v) is 1.35. The fourth-order valence-corrected chi connectivity index (χ4v) is 0.864. The summed E-state index contributed by atoms with van der Waals surface area (Å²) < 4.78 is 10.4. The van der Waals surface area contributed by atoms with Crippen LogP contribution in [0.1, 0.15) is 0 Å². The Morgan fingerprint density at radius 1 is 1.45 bits per heavy atom. The Morgan fingerprint density at radius 3 is 3.45 bits per heavy atom. The molecule has 0 spiro atoms. The van der Waals surface area contributed by atoms with Crippen LogP contribution in [0.25, 0.3) is 0 Å². The standard InChI is InChI=1S/C8H7NO2/c1-3-7-8(9-4-1)11-6-2-5-10-7/h1-4,6H,5H2. The van der Waals surface area contributed by atoms with E-state index in [1.165, 1.54) is 0 Å². The molecule has 0 radical (unpaired) electrons. The molecule has 56 valence electrons. The van der Waals surface area contributed by atoms with Crippen molar-refractivity contribution < 1.29 is 9.47 Å². The Balaban J connectivity index is 2.40. The van der Waals surface area contributed by atoms with Gasteiger partial charge in [-0.25, -0.2) is 4.98 Å². The number of hydrogen-bond acceptors (Lipinski definition) is 3. The summed E-state index contributed by atoms with van der Waals surface area (Å²) in [6.45, 7) is 0.540. The average Bonchev–Trinajstić information content (AvgIpc) is 2.28. The van der Waals surface area contributed by atoms with Crippen LogP contribution in [0, 0.1) is 0 Å². The van der Waals surface area contributed by atoms with Gasteiger partial charge in [-0.05, 0) is 18.2 Å². The van der Waals surface area contributed by atoms with Gasteiger partial charge >= 0.3 is 0 Å². The molecule has 0 amide bonds. The lowest BCUT2D eigenvalue weighted by atomic mass is 10.4. The first-order chi connectivity index (χ1) is 5.47. The summed E-state index contributed by atoms with van der Waals surface area (Å²) >= 11 is 0. The predicted octanol–water partition coefficient (Wildman–Crippen LogP) is 1.37. The van der Waals surface area contributed by atoms with E-state index >= 15 is 0 Å². The Hall–Kier alpha value is -1.51. The monoisotopic (exact) mass is 149 g/mol. The maximum atomic E-state index is 5.27. The van der Waals surface area contributed by atoms with Crippen LogP contribution in [0.5, 0.6) is 11.6 Å². The fourth-order valence-electron chi connectivity index (χ4n) is 0.864. The molecule has 1 aromatic rings. The summed E-state index contributed by atoms with van der Waals surface area (Å²) in [7, 11) is 0. The minimum absolute atomic E-state index is 0.529. The van der Waals surface area contributed by atoms with Gasteiger partial charge in [0.2, 0.25) is 0 Å². The first kappa shape index (κ1) is 6.22. The van der Waals surface area contributed by atoms with Gasteiger partial charge in [0.1, 0.15) is 6.61 Å². The van der Waals surface area contributed by atoms with E-state index in [4.69, 9.17) is 9.47 Å². The van der Waals surface area contributed by atoms with Crippen molar-refractivity contribution in [3.63, 3.8) is 0 Å². The van der Waals surface area contributed by atoms with Crippen LogP contribution in [0.2, 0.25) is 0 Å². The van der Waals surface area contributed by atoms with Crippen molar-refractivity contribution in [1.29, 1.82) is 0 Å². The molecular weight excluding hydrogens is 142 g/mol. The predicted molar refractivity (Wildman–Crippen MR) is 39.5 cm³/mol. The highest BCUT2D eigenvalue weighted by Gasteiger charge is 2.05. The van der Waals surface area contributed by atoms with Crippen molar-refractivity contribution >= 4 is 0 Å². The number of rotatable bonds is 0. The molecule has 0 N–H and O–H groups in total. The van der Waals surface area contributed by atoms with Gasteiger partial charge < -0.3 is 9.47 Å². The normalized spacial score (nSPS) is 14.2. The molecule has 3 nitrogen and oxygen atoms in total.